The monoisotopic (exact) mass is 343 g/mol. The summed E-state index contributed by atoms with van der Waals surface area (Å²) in [5.74, 6) is -0.189. The van der Waals surface area contributed by atoms with Crippen LogP contribution >= 0.6 is 0 Å². The van der Waals surface area contributed by atoms with Gasteiger partial charge in [-0.15, -0.1) is 0 Å². The first-order valence-corrected chi connectivity index (χ1v) is 8.50. The normalized spacial score (nSPS) is 11.7. The molecule has 0 bridgehead atoms. The number of rotatable bonds is 6. The molecule has 4 heteroatoms. The Bertz CT molecular complexity index is 946. The number of hydrogen-bond donors (Lipinski definition) is 2. The van der Waals surface area contributed by atoms with Crippen molar-refractivity contribution in [3.63, 3.8) is 0 Å². The third-order valence-electron chi connectivity index (χ3n) is 3.88. The van der Waals surface area contributed by atoms with Crippen LogP contribution in [0.2, 0.25) is 0 Å². The van der Waals surface area contributed by atoms with Gasteiger partial charge in [-0.25, -0.2) is 5.43 Å². The number of nitrogens with one attached hydrogen (secondary N) is 2. The van der Waals surface area contributed by atoms with Gasteiger partial charge in [-0.05, 0) is 41.5 Å². The van der Waals surface area contributed by atoms with E-state index in [1.54, 1.807) is 0 Å². The van der Waals surface area contributed by atoms with Crippen molar-refractivity contribution in [3.05, 3.63) is 84.4 Å². The van der Waals surface area contributed by atoms with Crippen molar-refractivity contribution in [3.8, 4) is 0 Å². The molecule has 0 fully saturated rings. The molecule has 0 aliphatic rings. The number of carbonyl (C=O) groups is 1. The third-order valence-corrected chi connectivity index (χ3v) is 3.88. The Morgan fingerprint density at radius 1 is 0.962 bits per heavy atom. The Labute approximate surface area is 153 Å². The topological polar surface area (TPSA) is 53.5 Å². The zero-order valence-electron chi connectivity index (χ0n) is 14.6. The number of fused-ring (bicyclic) bond motifs is 1. The maximum atomic E-state index is 12.0. The van der Waals surface area contributed by atoms with Crippen molar-refractivity contribution >= 4 is 34.2 Å². The molecular formula is C22H21N3O. The zero-order chi connectivity index (χ0) is 18.2. The highest BCUT2D eigenvalue weighted by Crippen LogP contribution is 2.18. The van der Waals surface area contributed by atoms with Crippen LogP contribution in [0, 0.1) is 0 Å². The lowest BCUT2D eigenvalue weighted by molar-refractivity contribution is -0.119. The van der Waals surface area contributed by atoms with Crippen molar-refractivity contribution in [2.24, 2.45) is 5.10 Å². The summed E-state index contributed by atoms with van der Waals surface area (Å²) in [5, 5.41) is 9.52. The fourth-order valence-electron chi connectivity index (χ4n) is 2.49. The number of amides is 1. The molecule has 0 atom stereocenters. The lowest BCUT2D eigenvalue weighted by atomic mass is 10.1. The van der Waals surface area contributed by atoms with Gasteiger partial charge in [0.25, 0.3) is 5.91 Å². The molecule has 0 aromatic heterocycles. The second kappa shape index (κ2) is 8.62. The van der Waals surface area contributed by atoms with Crippen LogP contribution in [0.25, 0.3) is 16.8 Å². The standard InChI is InChI=1S/C22H21N3O/c1-17(11-12-18-7-3-2-4-8-18)24-25-22(26)16-23-21-14-13-19-9-5-6-10-20(19)15-21/h2-15,23H,16H2,1H3,(H,25,26). The molecule has 0 saturated carbocycles. The van der Waals surface area contributed by atoms with E-state index in [1.807, 2.05) is 85.8 Å². The summed E-state index contributed by atoms with van der Waals surface area (Å²) < 4.78 is 0. The minimum atomic E-state index is -0.189. The molecule has 0 unspecified atom stereocenters. The highest BCUT2D eigenvalue weighted by atomic mass is 16.2. The Morgan fingerprint density at radius 2 is 1.69 bits per heavy atom. The maximum absolute atomic E-state index is 12.0. The SMILES string of the molecule is CC(C=Cc1ccccc1)=NNC(=O)CNc1ccc2ccccc2c1. The van der Waals surface area contributed by atoms with Gasteiger partial charge in [0.15, 0.2) is 0 Å². The minimum Gasteiger partial charge on any atom is -0.376 e. The van der Waals surface area contributed by atoms with Crippen molar-refractivity contribution in [2.45, 2.75) is 6.92 Å². The predicted molar refractivity (Wildman–Crippen MR) is 109 cm³/mol. The molecule has 0 radical (unpaired) electrons. The number of anilines is 1. The van der Waals surface area contributed by atoms with Crippen molar-refractivity contribution in [1.82, 2.24) is 5.43 Å². The van der Waals surface area contributed by atoms with Crippen LogP contribution in [0.5, 0.6) is 0 Å². The molecule has 130 valence electrons. The smallest absolute Gasteiger partial charge is 0.259 e. The van der Waals surface area contributed by atoms with E-state index >= 15 is 0 Å². The van der Waals surface area contributed by atoms with E-state index in [1.165, 1.54) is 5.39 Å². The van der Waals surface area contributed by atoms with Crippen molar-refractivity contribution < 1.29 is 4.79 Å². The molecule has 0 aliphatic carbocycles. The van der Waals surface area contributed by atoms with Crippen LogP contribution in [0.3, 0.4) is 0 Å². The number of hydrogen-bond acceptors (Lipinski definition) is 3. The van der Waals surface area contributed by atoms with E-state index in [-0.39, 0.29) is 12.5 Å². The van der Waals surface area contributed by atoms with Crippen LogP contribution < -0.4 is 10.7 Å². The summed E-state index contributed by atoms with van der Waals surface area (Å²) >= 11 is 0. The summed E-state index contributed by atoms with van der Waals surface area (Å²) in [6.45, 7) is 2.01. The second-order valence-corrected chi connectivity index (χ2v) is 5.95. The zero-order valence-corrected chi connectivity index (χ0v) is 14.6. The third kappa shape index (κ3) is 5.05. The molecule has 3 aromatic rings. The molecule has 3 aromatic carbocycles. The minimum absolute atomic E-state index is 0.164. The van der Waals surface area contributed by atoms with E-state index < -0.39 is 0 Å². The van der Waals surface area contributed by atoms with Gasteiger partial charge in [0.2, 0.25) is 0 Å². The van der Waals surface area contributed by atoms with E-state index in [9.17, 15) is 4.79 Å². The number of allylic oxidation sites excluding steroid dienone is 1. The Balaban J connectivity index is 1.50. The fraction of sp³-hybridized carbons (Fsp3) is 0.0909. The molecule has 0 heterocycles. The molecule has 26 heavy (non-hydrogen) atoms. The molecule has 3 rings (SSSR count). The molecule has 0 aliphatic heterocycles. The molecule has 0 spiro atoms. The van der Waals surface area contributed by atoms with Crippen LogP contribution in [-0.4, -0.2) is 18.2 Å². The first-order valence-electron chi connectivity index (χ1n) is 8.50. The predicted octanol–water partition coefficient (Wildman–Crippen LogP) is 4.46. The highest BCUT2D eigenvalue weighted by Gasteiger charge is 2.01. The van der Waals surface area contributed by atoms with Crippen LogP contribution in [0.15, 0.2) is 84.0 Å². The first-order chi connectivity index (χ1) is 12.7. The van der Waals surface area contributed by atoms with Crippen LogP contribution in [0.4, 0.5) is 5.69 Å². The Morgan fingerprint density at radius 3 is 2.50 bits per heavy atom. The van der Waals surface area contributed by atoms with E-state index in [0.717, 1.165) is 22.3 Å². The fourth-order valence-corrected chi connectivity index (χ4v) is 2.49. The van der Waals surface area contributed by atoms with Gasteiger partial charge >= 0.3 is 0 Å². The van der Waals surface area contributed by atoms with Crippen molar-refractivity contribution in [2.75, 3.05) is 11.9 Å². The Kier molecular flexibility index (Phi) is 5.78. The lowest BCUT2D eigenvalue weighted by Crippen LogP contribution is -2.26. The largest absolute Gasteiger partial charge is 0.376 e. The van der Waals surface area contributed by atoms with Crippen molar-refractivity contribution in [1.29, 1.82) is 0 Å². The van der Waals surface area contributed by atoms with Gasteiger partial charge in [0.1, 0.15) is 0 Å². The van der Waals surface area contributed by atoms with Gasteiger partial charge in [-0.3, -0.25) is 4.79 Å². The number of benzene rings is 3. The number of hydrazone groups is 1. The molecular weight excluding hydrogens is 322 g/mol. The average molecular weight is 343 g/mol. The molecule has 2 N–H and O–H groups in total. The average Bonchev–Trinajstić information content (AvgIpc) is 2.69. The number of carbonyl (C=O) groups excluding carboxylic acids is 1. The van der Waals surface area contributed by atoms with Gasteiger partial charge in [0.05, 0.1) is 12.3 Å². The summed E-state index contributed by atoms with van der Waals surface area (Å²) in [5.41, 5.74) is 5.29. The molecule has 0 saturated heterocycles. The van der Waals surface area contributed by atoms with E-state index in [2.05, 4.69) is 21.9 Å². The lowest BCUT2D eigenvalue weighted by Gasteiger charge is -2.07. The van der Waals surface area contributed by atoms with Crippen LogP contribution in [0.1, 0.15) is 12.5 Å². The summed E-state index contributed by atoms with van der Waals surface area (Å²) in [7, 11) is 0. The van der Waals surface area contributed by atoms with Gasteiger partial charge in [-0.1, -0.05) is 66.7 Å². The number of nitrogens with zero attached hydrogens (tertiary/aromatic N) is 1. The van der Waals surface area contributed by atoms with Gasteiger partial charge < -0.3 is 5.32 Å². The summed E-state index contributed by atoms with van der Waals surface area (Å²) in [4.78, 5) is 12.0. The van der Waals surface area contributed by atoms with Gasteiger partial charge in [0, 0.05) is 5.69 Å². The van der Waals surface area contributed by atoms with Gasteiger partial charge in [-0.2, -0.15) is 5.10 Å². The highest BCUT2D eigenvalue weighted by molar-refractivity contribution is 5.97. The maximum Gasteiger partial charge on any atom is 0.259 e. The van der Waals surface area contributed by atoms with Crippen LogP contribution in [-0.2, 0) is 4.79 Å². The quantitative estimate of drug-likeness (QED) is 0.513. The Hall–Kier alpha value is -3.40. The van der Waals surface area contributed by atoms with E-state index in [4.69, 9.17) is 0 Å². The van der Waals surface area contributed by atoms with E-state index in [0.29, 0.717) is 0 Å². The molecule has 1 amide bonds. The summed E-state index contributed by atoms with van der Waals surface area (Å²) in [6, 6.07) is 24.1. The molecule has 4 nitrogen and oxygen atoms in total. The summed E-state index contributed by atoms with van der Waals surface area (Å²) in [6.07, 6.45) is 3.82. The second-order valence-electron chi connectivity index (χ2n) is 5.95. The first kappa shape index (κ1) is 17.4.